The Bertz CT molecular complexity index is 1060. The van der Waals surface area contributed by atoms with Crippen molar-refractivity contribution in [2.24, 2.45) is 0 Å². The molecule has 1 amide bonds. The Morgan fingerprint density at radius 3 is 2.78 bits per heavy atom. The lowest BCUT2D eigenvalue weighted by molar-refractivity contribution is 0.0948. The van der Waals surface area contributed by atoms with E-state index in [1.165, 1.54) is 0 Å². The smallest absolute Gasteiger partial charge is 0.251 e. The van der Waals surface area contributed by atoms with E-state index >= 15 is 0 Å². The molecule has 2 aromatic carbocycles. The van der Waals surface area contributed by atoms with Gasteiger partial charge in [-0.1, -0.05) is 18.2 Å². The minimum Gasteiger partial charge on any atom is -0.457 e. The third kappa shape index (κ3) is 3.71. The molecule has 0 spiro atoms. The van der Waals surface area contributed by atoms with Crippen LogP contribution in [0.25, 0.3) is 21.0 Å². The molecule has 6 heteroatoms. The second-order valence-corrected chi connectivity index (χ2v) is 7.41. The van der Waals surface area contributed by atoms with Gasteiger partial charge in [0.15, 0.2) is 10.8 Å². The lowest BCUT2D eigenvalue weighted by atomic mass is 10.2. The van der Waals surface area contributed by atoms with Crippen LogP contribution in [0.1, 0.15) is 16.1 Å². The maximum absolute atomic E-state index is 12.4. The van der Waals surface area contributed by atoms with Crippen molar-refractivity contribution in [2.75, 3.05) is 19.0 Å². The molecule has 27 heavy (non-hydrogen) atoms. The molecule has 0 fully saturated rings. The van der Waals surface area contributed by atoms with E-state index in [0.717, 1.165) is 26.7 Å². The summed E-state index contributed by atoms with van der Waals surface area (Å²) in [5.41, 5.74) is 2.57. The molecule has 1 N–H and O–H groups in total. The molecule has 0 atom stereocenters. The number of nitrogens with one attached hydrogen (secondary N) is 1. The summed E-state index contributed by atoms with van der Waals surface area (Å²) in [5, 5.41) is 3.74. The molecule has 4 aromatic rings. The number of benzene rings is 2. The van der Waals surface area contributed by atoms with Crippen LogP contribution < -0.4 is 10.2 Å². The van der Waals surface area contributed by atoms with Gasteiger partial charge >= 0.3 is 0 Å². The summed E-state index contributed by atoms with van der Waals surface area (Å²) in [7, 11) is 3.90. The van der Waals surface area contributed by atoms with Gasteiger partial charge in [0.1, 0.15) is 5.76 Å². The number of aromatic nitrogens is 1. The largest absolute Gasteiger partial charge is 0.457 e. The number of carbonyl (C=O) groups is 1. The van der Waals surface area contributed by atoms with Gasteiger partial charge in [0.25, 0.3) is 5.91 Å². The molecule has 5 nitrogen and oxygen atoms in total. The first-order valence-corrected chi connectivity index (χ1v) is 9.42. The number of carbonyl (C=O) groups excluding carboxylic acids is 1. The standard InChI is InChI=1S/C21H19N3O2S/c1-24(2)15-7-5-6-14(12-15)20(25)22-13-16-10-11-18(26-16)21-23-17-8-3-4-9-19(17)27-21/h3-12H,13H2,1-2H3,(H,22,25). The monoisotopic (exact) mass is 377 g/mol. The van der Waals surface area contributed by atoms with Gasteiger partial charge in [-0.25, -0.2) is 4.98 Å². The zero-order valence-corrected chi connectivity index (χ0v) is 15.9. The highest BCUT2D eigenvalue weighted by atomic mass is 32.1. The number of anilines is 1. The van der Waals surface area contributed by atoms with Gasteiger partial charge in [-0.05, 0) is 42.5 Å². The average molecular weight is 377 g/mol. The third-order valence-electron chi connectivity index (χ3n) is 4.21. The molecular weight excluding hydrogens is 358 g/mol. The number of hydrogen-bond acceptors (Lipinski definition) is 5. The summed E-state index contributed by atoms with van der Waals surface area (Å²) < 4.78 is 7.00. The summed E-state index contributed by atoms with van der Waals surface area (Å²) in [6, 6.07) is 19.3. The van der Waals surface area contributed by atoms with Crippen molar-refractivity contribution >= 4 is 33.1 Å². The van der Waals surface area contributed by atoms with Crippen LogP contribution in [0, 0.1) is 0 Å². The van der Waals surface area contributed by atoms with Gasteiger partial charge in [0.05, 0.1) is 16.8 Å². The van der Waals surface area contributed by atoms with Gasteiger partial charge in [-0.2, -0.15) is 0 Å². The Labute approximate surface area is 161 Å². The van der Waals surface area contributed by atoms with Crippen LogP contribution >= 0.6 is 11.3 Å². The molecule has 136 valence electrons. The summed E-state index contributed by atoms with van der Waals surface area (Å²) in [4.78, 5) is 19.0. The topological polar surface area (TPSA) is 58.4 Å². The van der Waals surface area contributed by atoms with Crippen molar-refractivity contribution in [3.8, 4) is 10.8 Å². The average Bonchev–Trinajstić information content (AvgIpc) is 3.32. The van der Waals surface area contributed by atoms with Crippen molar-refractivity contribution in [2.45, 2.75) is 6.54 Å². The van der Waals surface area contributed by atoms with Gasteiger partial charge in [-0.3, -0.25) is 4.79 Å². The predicted octanol–water partition coefficient (Wildman–Crippen LogP) is 4.55. The van der Waals surface area contributed by atoms with Gasteiger partial charge in [0, 0.05) is 25.3 Å². The molecular formula is C21H19N3O2S. The Kier molecular flexibility index (Phi) is 4.64. The second-order valence-electron chi connectivity index (χ2n) is 6.38. The molecule has 0 aliphatic heterocycles. The van der Waals surface area contributed by atoms with Crippen LogP contribution in [0.5, 0.6) is 0 Å². The minimum atomic E-state index is -0.128. The number of nitrogens with zero attached hydrogens (tertiary/aromatic N) is 2. The van der Waals surface area contributed by atoms with Gasteiger partial charge < -0.3 is 14.6 Å². The summed E-state index contributed by atoms with van der Waals surface area (Å²) in [6.07, 6.45) is 0. The number of thiazole rings is 1. The molecule has 2 aromatic heterocycles. The Balaban J connectivity index is 1.45. The quantitative estimate of drug-likeness (QED) is 0.554. The molecule has 0 aliphatic rings. The lowest BCUT2D eigenvalue weighted by Gasteiger charge is -2.13. The van der Waals surface area contributed by atoms with E-state index in [0.29, 0.717) is 17.9 Å². The number of para-hydroxylation sites is 1. The van der Waals surface area contributed by atoms with Crippen molar-refractivity contribution in [1.82, 2.24) is 10.3 Å². The van der Waals surface area contributed by atoms with Crippen LogP contribution in [0.4, 0.5) is 5.69 Å². The fourth-order valence-electron chi connectivity index (χ4n) is 2.76. The van der Waals surface area contributed by atoms with E-state index in [-0.39, 0.29) is 5.91 Å². The van der Waals surface area contributed by atoms with E-state index < -0.39 is 0 Å². The van der Waals surface area contributed by atoms with Crippen LogP contribution in [0.2, 0.25) is 0 Å². The maximum atomic E-state index is 12.4. The van der Waals surface area contributed by atoms with Crippen LogP contribution in [-0.2, 0) is 6.54 Å². The van der Waals surface area contributed by atoms with Crippen molar-refractivity contribution < 1.29 is 9.21 Å². The number of furan rings is 1. The van der Waals surface area contributed by atoms with E-state index in [1.54, 1.807) is 17.4 Å². The molecule has 0 saturated heterocycles. The zero-order valence-electron chi connectivity index (χ0n) is 15.1. The number of amides is 1. The predicted molar refractivity (Wildman–Crippen MR) is 109 cm³/mol. The van der Waals surface area contributed by atoms with Gasteiger partial charge in [0.2, 0.25) is 0 Å². The van der Waals surface area contributed by atoms with E-state index in [4.69, 9.17) is 4.42 Å². The molecule has 0 aliphatic carbocycles. The molecule has 0 bridgehead atoms. The van der Waals surface area contributed by atoms with E-state index in [2.05, 4.69) is 10.3 Å². The van der Waals surface area contributed by atoms with E-state index in [9.17, 15) is 4.79 Å². The van der Waals surface area contributed by atoms with Crippen LogP contribution in [0.3, 0.4) is 0 Å². The third-order valence-corrected chi connectivity index (χ3v) is 5.27. The molecule has 0 unspecified atom stereocenters. The molecule has 0 saturated carbocycles. The number of rotatable bonds is 5. The van der Waals surface area contributed by atoms with Crippen LogP contribution in [0.15, 0.2) is 65.1 Å². The Hall–Kier alpha value is -3.12. The number of fused-ring (bicyclic) bond motifs is 1. The van der Waals surface area contributed by atoms with Crippen molar-refractivity contribution in [1.29, 1.82) is 0 Å². The fourth-order valence-corrected chi connectivity index (χ4v) is 3.69. The highest BCUT2D eigenvalue weighted by Crippen LogP contribution is 2.31. The highest BCUT2D eigenvalue weighted by molar-refractivity contribution is 7.21. The summed E-state index contributed by atoms with van der Waals surface area (Å²) >= 11 is 1.59. The maximum Gasteiger partial charge on any atom is 0.251 e. The lowest BCUT2D eigenvalue weighted by Crippen LogP contribution is -2.22. The SMILES string of the molecule is CN(C)c1cccc(C(=O)NCc2ccc(-c3nc4ccccc4s3)o2)c1. The summed E-state index contributed by atoms with van der Waals surface area (Å²) in [6.45, 7) is 0.329. The Morgan fingerprint density at radius 1 is 1.11 bits per heavy atom. The second kappa shape index (κ2) is 7.25. The summed E-state index contributed by atoms with van der Waals surface area (Å²) in [5.74, 6) is 1.29. The molecule has 2 heterocycles. The van der Waals surface area contributed by atoms with Gasteiger partial charge in [-0.15, -0.1) is 11.3 Å². The molecule has 4 rings (SSSR count). The normalized spacial score (nSPS) is 10.9. The zero-order chi connectivity index (χ0) is 18.8. The minimum absolute atomic E-state index is 0.128. The van der Waals surface area contributed by atoms with Crippen molar-refractivity contribution in [3.63, 3.8) is 0 Å². The van der Waals surface area contributed by atoms with Crippen LogP contribution in [-0.4, -0.2) is 25.0 Å². The highest BCUT2D eigenvalue weighted by Gasteiger charge is 2.12. The fraction of sp³-hybridized carbons (Fsp3) is 0.143. The first-order valence-electron chi connectivity index (χ1n) is 8.60. The number of hydrogen-bond donors (Lipinski definition) is 1. The van der Waals surface area contributed by atoms with E-state index in [1.807, 2.05) is 73.6 Å². The Morgan fingerprint density at radius 2 is 1.96 bits per heavy atom. The first-order chi connectivity index (χ1) is 13.1. The van der Waals surface area contributed by atoms with Crippen molar-refractivity contribution in [3.05, 3.63) is 72.0 Å². The molecule has 0 radical (unpaired) electrons. The first kappa shape index (κ1) is 17.3.